The summed E-state index contributed by atoms with van der Waals surface area (Å²) in [5.41, 5.74) is 7.93. The summed E-state index contributed by atoms with van der Waals surface area (Å²) in [4.78, 5) is 0. The van der Waals surface area contributed by atoms with Crippen molar-refractivity contribution in [1.82, 2.24) is 10.6 Å². The molecule has 2 atom stereocenters. The van der Waals surface area contributed by atoms with Crippen LogP contribution >= 0.6 is 0 Å². The predicted octanol–water partition coefficient (Wildman–Crippen LogP) is 1.54. The van der Waals surface area contributed by atoms with Gasteiger partial charge in [0.15, 0.2) is 0 Å². The van der Waals surface area contributed by atoms with E-state index in [1.54, 1.807) is 7.11 Å². The van der Waals surface area contributed by atoms with Crippen LogP contribution in [0.2, 0.25) is 0 Å². The van der Waals surface area contributed by atoms with Crippen molar-refractivity contribution >= 4 is 0 Å². The molecule has 4 nitrogen and oxygen atoms in total. The Morgan fingerprint density at radius 1 is 1.47 bits per heavy atom. The number of fused-ring (bicyclic) bond motifs is 1. The summed E-state index contributed by atoms with van der Waals surface area (Å²) in [5, 5.41) is 6.94. The molecule has 0 radical (unpaired) electrons. The Kier molecular flexibility index (Phi) is 4.68. The van der Waals surface area contributed by atoms with Crippen LogP contribution in [0.1, 0.15) is 19.8 Å². The van der Waals surface area contributed by atoms with E-state index >= 15 is 0 Å². The van der Waals surface area contributed by atoms with Gasteiger partial charge in [0.2, 0.25) is 0 Å². The number of methoxy groups -OCH3 is 1. The van der Waals surface area contributed by atoms with E-state index in [0.717, 1.165) is 30.8 Å². The van der Waals surface area contributed by atoms with Gasteiger partial charge in [-0.3, -0.25) is 0 Å². The number of nitrogens with two attached hydrogens (primary N) is 1. The van der Waals surface area contributed by atoms with Gasteiger partial charge in [0.05, 0.1) is 13.2 Å². The van der Waals surface area contributed by atoms with Gasteiger partial charge < -0.3 is 21.1 Å². The largest absolute Gasteiger partial charge is 0.497 e. The quantitative estimate of drug-likeness (QED) is 0.679. The maximum Gasteiger partial charge on any atom is 0.121 e. The van der Waals surface area contributed by atoms with Gasteiger partial charge in [-0.15, -0.1) is 0 Å². The van der Waals surface area contributed by atoms with Crippen molar-refractivity contribution in [2.24, 2.45) is 5.73 Å². The van der Waals surface area contributed by atoms with Gasteiger partial charge in [-0.25, -0.2) is 0 Å². The summed E-state index contributed by atoms with van der Waals surface area (Å²) in [6.45, 7) is 2.92. The highest BCUT2D eigenvalue weighted by Gasteiger charge is 2.23. The lowest BCUT2D eigenvalue weighted by molar-refractivity contribution is 0.303. The van der Waals surface area contributed by atoms with Crippen molar-refractivity contribution in [2.45, 2.75) is 31.8 Å². The highest BCUT2D eigenvalue weighted by Crippen LogP contribution is 2.24. The molecule has 4 heteroatoms. The van der Waals surface area contributed by atoms with E-state index in [1.807, 2.05) is 12.3 Å². The molecule has 0 aromatic heterocycles. The first kappa shape index (κ1) is 13.7. The monoisotopic (exact) mass is 261 g/mol. The zero-order valence-electron chi connectivity index (χ0n) is 11.6. The molecular weight excluding hydrogens is 238 g/mol. The van der Waals surface area contributed by atoms with Crippen LogP contribution in [-0.4, -0.2) is 25.7 Å². The topological polar surface area (TPSA) is 59.3 Å². The van der Waals surface area contributed by atoms with Crippen LogP contribution in [0.15, 0.2) is 47.5 Å². The third-order valence-electron chi connectivity index (χ3n) is 3.39. The molecule has 0 fully saturated rings. The summed E-state index contributed by atoms with van der Waals surface area (Å²) in [7, 11) is 1.70. The minimum atomic E-state index is 0.198. The molecule has 4 N–H and O–H groups in total. The first-order valence-electron chi connectivity index (χ1n) is 6.81. The Balaban J connectivity index is 2.09. The third-order valence-corrected chi connectivity index (χ3v) is 3.39. The van der Waals surface area contributed by atoms with E-state index in [-0.39, 0.29) is 6.04 Å². The summed E-state index contributed by atoms with van der Waals surface area (Å²) in [5.74, 6) is 0.883. The van der Waals surface area contributed by atoms with Crippen molar-refractivity contribution in [3.05, 3.63) is 47.5 Å². The van der Waals surface area contributed by atoms with Gasteiger partial charge in [0.1, 0.15) is 5.76 Å². The average molecular weight is 261 g/mol. The molecule has 2 rings (SSSR count). The van der Waals surface area contributed by atoms with E-state index in [1.165, 1.54) is 5.57 Å². The number of rotatable bonds is 6. The Hall–Kier alpha value is -1.68. The smallest absolute Gasteiger partial charge is 0.121 e. The summed E-state index contributed by atoms with van der Waals surface area (Å²) >= 11 is 0. The van der Waals surface area contributed by atoms with Crippen LogP contribution in [0.4, 0.5) is 0 Å². The summed E-state index contributed by atoms with van der Waals surface area (Å²) in [6.07, 6.45) is 12.3. The molecule has 2 aliphatic rings. The molecule has 0 bridgehead atoms. The minimum Gasteiger partial charge on any atom is -0.497 e. The Morgan fingerprint density at radius 2 is 2.32 bits per heavy atom. The van der Waals surface area contributed by atoms with E-state index in [2.05, 4.69) is 35.8 Å². The maximum atomic E-state index is 5.56. The minimum absolute atomic E-state index is 0.198. The lowest BCUT2D eigenvalue weighted by Gasteiger charge is -2.31. The zero-order valence-corrected chi connectivity index (χ0v) is 11.6. The fraction of sp³-hybridized carbons (Fsp3) is 0.467. The number of ether oxygens (including phenoxy) is 1. The lowest BCUT2D eigenvalue weighted by Crippen LogP contribution is -2.41. The molecule has 1 aliphatic heterocycles. The standard InChI is InChI=1S/C15H23N3O/c1-11(5-3-7-16)18-14-10-13(19-2)9-12-6-4-8-17-15(12)14/h4,6,8-11,15,17-18H,3,5,7,16H2,1-2H3. The first-order valence-corrected chi connectivity index (χ1v) is 6.81. The average Bonchev–Trinajstić information content (AvgIpc) is 2.44. The van der Waals surface area contributed by atoms with Crippen molar-refractivity contribution in [2.75, 3.05) is 13.7 Å². The first-order chi connectivity index (χ1) is 9.24. The van der Waals surface area contributed by atoms with Crippen LogP contribution in [0.5, 0.6) is 0 Å². The molecule has 0 saturated carbocycles. The Bertz CT molecular complexity index is 435. The van der Waals surface area contributed by atoms with E-state index in [4.69, 9.17) is 10.5 Å². The highest BCUT2D eigenvalue weighted by atomic mass is 16.5. The third kappa shape index (κ3) is 3.41. The van der Waals surface area contributed by atoms with E-state index < -0.39 is 0 Å². The van der Waals surface area contributed by atoms with Crippen LogP contribution < -0.4 is 16.4 Å². The summed E-state index contributed by atoms with van der Waals surface area (Å²) < 4.78 is 5.37. The predicted molar refractivity (Wildman–Crippen MR) is 78.2 cm³/mol. The number of allylic oxidation sites excluding steroid dienone is 3. The van der Waals surface area contributed by atoms with Crippen LogP contribution in [-0.2, 0) is 4.74 Å². The number of hydrogen-bond donors (Lipinski definition) is 3. The fourth-order valence-electron chi connectivity index (χ4n) is 2.37. The van der Waals surface area contributed by atoms with E-state index in [0.29, 0.717) is 6.04 Å². The Morgan fingerprint density at radius 3 is 3.05 bits per heavy atom. The molecule has 1 heterocycles. The zero-order chi connectivity index (χ0) is 13.7. The summed E-state index contributed by atoms with van der Waals surface area (Å²) in [6, 6.07) is 0.601. The molecule has 0 spiro atoms. The van der Waals surface area contributed by atoms with Gasteiger partial charge >= 0.3 is 0 Å². The fourth-order valence-corrected chi connectivity index (χ4v) is 2.37. The molecule has 0 aromatic rings. The molecular formula is C15H23N3O. The van der Waals surface area contributed by atoms with Crippen LogP contribution in [0, 0.1) is 0 Å². The van der Waals surface area contributed by atoms with Gasteiger partial charge in [0, 0.05) is 17.8 Å². The molecule has 1 aliphatic carbocycles. The molecule has 0 amide bonds. The molecule has 104 valence electrons. The second-order valence-electron chi connectivity index (χ2n) is 4.95. The second kappa shape index (κ2) is 6.48. The Labute approximate surface area is 115 Å². The van der Waals surface area contributed by atoms with Gasteiger partial charge in [-0.05, 0) is 50.2 Å². The molecule has 19 heavy (non-hydrogen) atoms. The molecule has 0 saturated heterocycles. The number of dihydropyridines is 1. The van der Waals surface area contributed by atoms with Crippen LogP contribution in [0.3, 0.4) is 0 Å². The molecule has 2 unspecified atom stereocenters. The van der Waals surface area contributed by atoms with Crippen molar-refractivity contribution in [3.8, 4) is 0 Å². The highest BCUT2D eigenvalue weighted by molar-refractivity contribution is 5.47. The second-order valence-corrected chi connectivity index (χ2v) is 4.95. The van der Waals surface area contributed by atoms with Gasteiger partial charge in [-0.1, -0.05) is 6.08 Å². The normalized spacial score (nSPS) is 22.5. The number of hydrogen-bond acceptors (Lipinski definition) is 4. The maximum absolute atomic E-state index is 5.56. The van der Waals surface area contributed by atoms with Crippen LogP contribution in [0.25, 0.3) is 0 Å². The van der Waals surface area contributed by atoms with E-state index in [9.17, 15) is 0 Å². The lowest BCUT2D eigenvalue weighted by atomic mass is 9.95. The van der Waals surface area contributed by atoms with Crippen molar-refractivity contribution in [3.63, 3.8) is 0 Å². The molecule has 0 aromatic carbocycles. The van der Waals surface area contributed by atoms with Gasteiger partial charge in [-0.2, -0.15) is 0 Å². The van der Waals surface area contributed by atoms with Crippen molar-refractivity contribution in [1.29, 1.82) is 0 Å². The van der Waals surface area contributed by atoms with Gasteiger partial charge in [0.25, 0.3) is 0 Å². The SMILES string of the molecule is COC1=CC2=CC=CNC2C(NC(C)CCCN)=C1. The van der Waals surface area contributed by atoms with Crippen molar-refractivity contribution < 1.29 is 4.74 Å². The number of nitrogens with one attached hydrogen (secondary N) is 2.